The van der Waals surface area contributed by atoms with Crippen molar-refractivity contribution in [3.05, 3.63) is 57.6 Å². The van der Waals surface area contributed by atoms with Crippen LogP contribution in [0.15, 0.2) is 46.0 Å². The lowest BCUT2D eigenvalue weighted by atomic mass is 10.2. The molecule has 0 spiro atoms. The molecule has 2 rings (SSSR count). The van der Waals surface area contributed by atoms with E-state index in [1.54, 1.807) is 24.4 Å². The normalized spacial score (nSPS) is 10.6. The zero-order chi connectivity index (χ0) is 16.8. The van der Waals surface area contributed by atoms with Crippen LogP contribution in [0.25, 0.3) is 0 Å². The van der Waals surface area contributed by atoms with Gasteiger partial charge in [0, 0.05) is 16.1 Å². The van der Waals surface area contributed by atoms with E-state index in [9.17, 15) is 4.79 Å². The highest BCUT2D eigenvalue weighted by Crippen LogP contribution is 2.22. The second-order valence-electron chi connectivity index (χ2n) is 4.81. The molecule has 0 aliphatic rings. The Bertz CT molecular complexity index is 722. The van der Waals surface area contributed by atoms with E-state index < -0.39 is 0 Å². The van der Waals surface area contributed by atoms with Crippen LogP contribution in [-0.4, -0.2) is 26.3 Å². The Morgan fingerprint density at radius 2 is 1.78 bits per heavy atom. The number of hydrazone groups is 1. The third kappa shape index (κ3) is 4.56. The summed E-state index contributed by atoms with van der Waals surface area (Å²) in [5.74, 6) is 0.742. The number of amides is 1. The molecule has 2 aromatic rings. The molecule has 6 heteroatoms. The maximum Gasteiger partial charge on any atom is 0.271 e. The van der Waals surface area contributed by atoms with Crippen molar-refractivity contribution in [2.75, 3.05) is 14.2 Å². The molecular weight excluding hydrogens is 360 g/mol. The van der Waals surface area contributed by atoms with E-state index >= 15 is 0 Å². The standard InChI is InChI=1S/C17H17BrN2O3/c1-11-4-5-12(6-16(11)18)10-19-20-17(21)13-7-14(22-2)9-15(8-13)23-3/h4-10H,1-3H3,(H,20,21)/b19-10-. The maximum atomic E-state index is 12.1. The summed E-state index contributed by atoms with van der Waals surface area (Å²) in [5.41, 5.74) is 4.91. The highest BCUT2D eigenvalue weighted by atomic mass is 79.9. The van der Waals surface area contributed by atoms with Crippen molar-refractivity contribution in [2.45, 2.75) is 6.92 Å². The lowest BCUT2D eigenvalue weighted by molar-refractivity contribution is 0.0954. The molecular formula is C17H17BrN2O3. The van der Waals surface area contributed by atoms with Crippen molar-refractivity contribution in [3.8, 4) is 11.5 Å². The number of nitrogens with zero attached hydrogens (tertiary/aromatic N) is 1. The average Bonchev–Trinajstić information content (AvgIpc) is 2.57. The molecule has 2 aromatic carbocycles. The van der Waals surface area contributed by atoms with Crippen LogP contribution in [0.5, 0.6) is 11.5 Å². The van der Waals surface area contributed by atoms with Crippen molar-refractivity contribution >= 4 is 28.1 Å². The van der Waals surface area contributed by atoms with Crippen LogP contribution in [0.3, 0.4) is 0 Å². The number of methoxy groups -OCH3 is 2. The molecule has 0 aliphatic heterocycles. The van der Waals surface area contributed by atoms with E-state index in [0.717, 1.165) is 15.6 Å². The lowest BCUT2D eigenvalue weighted by Crippen LogP contribution is -2.17. The van der Waals surface area contributed by atoms with E-state index in [1.165, 1.54) is 14.2 Å². The van der Waals surface area contributed by atoms with Crippen LogP contribution in [0.2, 0.25) is 0 Å². The highest BCUT2D eigenvalue weighted by molar-refractivity contribution is 9.10. The van der Waals surface area contributed by atoms with Gasteiger partial charge in [-0.2, -0.15) is 5.10 Å². The third-order valence-corrected chi connectivity index (χ3v) is 4.04. The summed E-state index contributed by atoms with van der Waals surface area (Å²) in [6, 6.07) is 10.8. The van der Waals surface area contributed by atoms with Crippen LogP contribution in [0, 0.1) is 6.92 Å². The Kier molecular flexibility index (Phi) is 5.76. The number of halogens is 1. The van der Waals surface area contributed by atoms with Gasteiger partial charge in [0.15, 0.2) is 0 Å². The quantitative estimate of drug-likeness (QED) is 0.641. The van der Waals surface area contributed by atoms with Crippen molar-refractivity contribution in [1.82, 2.24) is 5.43 Å². The van der Waals surface area contributed by atoms with Crippen LogP contribution >= 0.6 is 15.9 Å². The summed E-state index contributed by atoms with van der Waals surface area (Å²) in [6.07, 6.45) is 1.58. The monoisotopic (exact) mass is 376 g/mol. The molecule has 0 aromatic heterocycles. The average molecular weight is 377 g/mol. The molecule has 0 radical (unpaired) electrons. The number of carbonyl (C=O) groups excluding carboxylic acids is 1. The molecule has 120 valence electrons. The summed E-state index contributed by atoms with van der Waals surface area (Å²) in [7, 11) is 3.06. The minimum absolute atomic E-state index is 0.343. The van der Waals surface area contributed by atoms with Gasteiger partial charge in [-0.25, -0.2) is 5.43 Å². The Morgan fingerprint density at radius 3 is 2.35 bits per heavy atom. The molecule has 0 unspecified atom stereocenters. The number of rotatable bonds is 5. The predicted octanol–water partition coefficient (Wildman–Crippen LogP) is 3.54. The maximum absolute atomic E-state index is 12.1. The molecule has 0 aliphatic carbocycles. The smallest absolute Gasteiger partial charge is 0.271 e. The van der Waals surface area contributed by atoms with Crippen molar-refractivity contribution in [3.63, 3.8) is 0 Å². The van der Waals surface area contributed by atoms with Gasteiger partial charge in [-0.05, 0) is 36.2 Å². The third-order valence-electron chi connectivity index (χ3n) is 3.19. The largest absolute Gasteiger partial charge is 0.497 e. The van der Waals surface area contributed by atoms with E-state index in [0.29, 0.717) is 17.1 Å². The second kappa shape index (κ2) is 7.78. The molecule has 0 bridgehead atoms. The van der Waals surface area contributed by atoms with E-state index in [-0.39, 0.29) is 5.91 Å². The fourth-order valence-corrected chi connectivity index (χ4v) is 2.25. The van der Waals surface area contributed by atoms with Crippen LogP contribution in [0.1, 0.15) is 21.5 Å². The zero-order valence-electron chi connectivity index (χ0n) is 13.1. The summed E-state index contributed by atoms with van der Waals surface area (Å²) in [5, 5.41) is 3.97. The molecule has 0 fully saturated rings. The molecule has 0 saturated heterocycles. The van der Waals surface area contributed by atoms with Crippen LogP contribution in [-0.2, 0) is 0 Å². The first-order valence-corrected chi connectivity index (χ1v) is 7.65. The number of carbonyl (C=O) groups is 1. The number of aryl methyl sites for hydroxylation is 1. The number of ether oxygens (including phenoxy) is 2. The minimum atomic E-state index is -0.343. The minimum Gasteiger partial charge on any atom is -0.497 e. The Hall–Kier alpha value is -2.34. The first-order chi connectivity index (χ1) is 11.0. The molecule has 0 atom stereocenters. The number of benzene rings is 2. The summed E-state index contributed by atoms with van der Waals surface area (Å²) < 4.78 is 11.3. The first kappa shape index (κ1) is 17.0. The Morgan fingerprint density at radius 1 is 1.13 bits per heavy atom. The summed E-state index contributed by atoms with van der Waals surface area (Å²) >= 11 is 3.46. The van der Waals surface area contributed by atoms with E-state index in [2.05, 4.69) is 26.5 Å². The van der Waals surface area contributed by atoms with Crippen molar-refractivity contribution < 1.29 is 14.3 Å². The summed E-state index contributed by atoms with van der Waals surface area (Å²) in [4.78, 5) is 12.1. The molecule has 0 saturated carbocycles. The molecule has 1 N–H and O–H groups in total. The Balaban J connectivity index is 2.09. The molecule has 1 amide bonds. The van der Waals surface area contributed by atoms with Gasteiger partial charge in [-0.3, -0.25) is 4.79 Å². The first-order valence-electron chi connectivity index (χ1n) is 6.86. The van der Waals surface area contributed by atoms with E-state index in [4.69, 9.17) is 9.47 Å². The topological polar surface area (TPSA) is 59.9 Å². The molecule has 23 heavy (non-hydrogen) atoms. The van der Waals surface area contributed by atoms with Gasteiger partial charge in [-0.1, -0.05) is 28.1 Å². The number of nitrogens with one attached hydrogen (secondary N) is 1. The van der Waals surface area contributed by atoms with Gasteiger partial charge in [0.2, 0.25) is 0 Å². The van der Waals surface area contributed by atoms with Gasteiger partial charge in [-0.15, -0.1) is 0 Å². The van der Waals surface area contributed by atoms with Gasteiger partial charge in [0.1, 0.15) is 11.5 Å². The molecule has 0 heterocycles. The van der Waals surface area contributed by atoms with Crippen molar-refractivity contribution in [2.24, 2.45) is 5.10 Å². The van der Waals surface area contributed by atoms with Crippen LogP contribution < -0.4 is 14.9 Å². The fraction of sp³-hybridized carbons (Fsp3) is 0.176. The van der Waals surface area contributed by atoms with Gasteiger partial charge in [0.25, 0.3) is 5.91 Å². The van der Waals surface area contributed by atoms with E-state index in [1.807, 2.05) is 25.1 Å². The fourth-order valence-electron chi connectivity index (χ4n) is 1.86. The van der Waals surface area contributed by atoms with Gasteiger partial charge >= 0.3 is 0 Å². The van der Waals surface area contributed by atoms with Crippen LogP contribution in [0.4, 0.5) is 0 Å². The predicted molar refractivity (Wildman–Crippen MR) is 93.5 cm³/mol. The van der Waals surface area contributed by atoms with Gasteiger partial charge < -0.3 is 9.47 Å². The summed E-state index contributed by atoms with van der Waals surface area (Å²) in [6.45, 7) is 2.00. The SMILES string of the molecule is COc1cc(OC)cc(C(=O)N/N=C\c2ccc(C)c(Br)c2)c1. The Labute approximate surface area is 143 Å². The van der Waals surface area contributed by atoms with Crippen molar-refractivity contribution in [1.29, 1.82) is 0 Å². The number of hydrogen-bond acceptors (Lipinski definition) is 4. The number of hydrogen-bond donors (Lipinski definition) is 1. The highest BCUT2D eigenvalue weighted by Gasteiger charge is 2.09. The second-order valence-corrected chi connectivity index (χ2v) is 5.66. The lowest BCUT2D eigenvalue weighted by Gasteiger charge is -2.07. The van der Waals surface area contributed by atoms with Gasteiger partial charge in [0.05, 0.1) is 20.4 Å². The molecule has 5 nitrogen and oxygen atoms in total. The zero-order valence-corrected chi connectivity index (χ0v) is 14.7.